The smallest absolute Gasteiger partial charge is 0.236 e. The van der Waals surface area contributed by atoms with Crippen molar-refractivity contribution >= 4 is 23.5 Å². The first kappa shape index (κ1) is 19.9. The standard InChI is InChI=1S/C18H20FN5O3S/c1-4-24-17(12(3)26-14-8-6-5-7-13(14)19)21-22-18(24)28-10-16(25)20-15-9-11(2)27-23-15/h5-9,12H,4,10H2,1-3H3,(H,20,23,25). The van der Waals surface area contributed by atoms with Crippen molar-refractivity contribution in [2.75, 3.05) is 11.1 Å². The van der Waals surface area contributed by atoms with Crippen molar-refractivity contribution in [3.63, 3.8) is 0 Å². The van der Waals surface area contributed by atoms with Crippen LogP contribution in [0.5, 0.6) is 5.75 Å². The number of aromatic nitrogens is 4. The third-order valence-corrected chi connectivity index (χ3v) is 4.76. The van der Waals surface area contributed by atoms with Gasteiger partial charge in [-0.3, -0.25) is 4.79 Å². The zero-order valence-corrected chi connectivity index (χ0v) is 16.5. The molecule has 0 aliphatic carbocycles. The van der Waals surface area contributed by atoms with Gasteiger partial charge in [0.2, 0.25) is 5.91 Å². The van der Waals surface area contributed by atoms with Crippen molar-refractivity contribution in [2.45, 2.75) is 38.6 Å². The van der Waals surface area contributed by atoms with E-state index in [9.17, 15) is 9.18 Å². The van der Waals surface area contributed by atoms with Crippen molar-refractivity contribution in [1.82, 2.24) is 19.9 Å². The second-order valence-corrected chi connectivity index (χ2v) is 6.88. The van der Waals surface area contributed by atoms with E-state index in [2.05, 4.69) is 20.7 Å². The summed E-state index contributed by atoms with van der Waals surface area (Å²) in [6, 6.07) is 7.83. The fraction of sp³-hybridized carbons (Fsp3) is 0.333. The van der Waals surface area contributed by atoms with E-state index in [0.717, 1.165) is 0 Å². The topological polar surface area (TPSA) is 95.1 Å². The molecule has 0 aliphatic heterocycles. The number of carbonyl (C=O) groups excluding carboxylic acids is 1. The number of thioether (sulfide) groups is 1. The molecule has 0 saturated carbocycles. The van der Waals surface area contributed by atoms with Gasteiger partial charge in [0.05, 0.1) is 5.75 Å². The van der Waals surface area contributed by atoms with Gasteiger partial charge in [-0.25, -0.2) is 4.39 Å². The van der Waals surface area contributed by atoms with Gasteiger partial charge in [-0.2, -0.15) is 0 Å². The van der Waals surface area contributed by atoms with Crippen LogP contribution in [-0.2, 0) is 11.3 Å². The van der Waals surface area contributed by atoms with Crippen LogP contribution in [0.25, 0.3) is 0 Å². The third kappa shape index (κ3) is 4.69. The molecule has 1 amide bonds. The van der Waals surface area contributed by atoms with Crippen LogP contribution in [0, 0.1) is 12.7 Å². The van der Waals surface area contributed by atoms with E-state index in [1.807, 2.05) is 11.5 Å². The lowest BCUT2D eigenvalue weighted by Gasteiger charge is -2.15. The van der Waals surface area contributed by atoms with Crippen LogP contribution in [-0.4, -0.2) is 31.6 Å². The average molecular weight is 405 g/mol. The van der Waals surface area contributed by atoms with Gasteiger partial charge in [0.15, 0.2) is 34.5 Å². The van der Waals surface area contributed by atoms with Crippen LogP contribution in [0.1, 0.15) is 31.5 Å². The highest BCUT2D eigenvalue weighted by Gasteiger charge is 2.20. The number of benzene rings is 1. The van der Waals surface area contributed by atoms with Crippen molar-refractivity contribution in [3.05, 3.63) is 47.7 Å². The fourth-order valence-corrected chi connectivity index (χ4v) is 3.33. The lowest BCUT2D eigenvalue weighted by molar-refractivity contribution is -0.113. The molecule has 8 nitrogen and oxygen atoms in total. The molecular weight excluding hydrogens is 385 g/mol. The van der Waals surface area contributed by atoms with E-state index in [1.54, 1.807) is 38.1 Å². The SMILES string of the molecule is CCn1c(SCC(=O)Nc2cc(C)on2)nnc1C(C)Oc1ccccc1F. The first-order valence-electron chi connectivity index (χ1n) is 8.68. The molecule has 0 bridgehead atoms. The summed E-state index contributed by atoms with van der Waals surface area (Å²) >= 11 is 1.24. The van der Waals surface area contributed by atoms with Crippen molar-refractivity contribution in [2.24, 2.45) is 0 Å². The van der Waals surface area contributed by atoms with Crippen LogP contribution < -0.4 is 10.1 Å². The Morgan fingerprint density at radius 1 is 1.39 bits per heavy atom. The lowest BCUT2D eigenvalue weighted by atomic mass is 10.3. The zero-order chi connectivity index (χ0) is 20.1. The first-order chi connectivity index (χ1) is 13.5. The number of nitrogens with zero attached hydrogens (tertiary/aromatic N) is 4. The Morgan fingerprint density at radius 2 is 2.18 bits per heavy atom. The normalized spacial score (nSPS) is 12.0. The molecule has 2 heterocycles. The van der Waals surface area contributed by atoms with Crippen molar-refractivity contribution in [3.8, 4) is 5.75 Å². The zero-order valence-electron chi connectivity index (χ0n) is 15.7. The summed E-state index contributed by atoms with van der Waals surface area (Å²) in [5, 5.41) is 15.3. The second kappa shape index (κ2) is 8.87. The minimum absolute atomic E-state index is 0.132. The number of aryl methyl sites for hydroxylation is 1. The van der Waals surface area contributed by atoms with Gasteiger partial charge in [0.1, 0.15) is 5.76 Å². The molecule has 0 radical (unpaired) electrons. The average Bonchev–Trinajstić information content (AvgIpc) is 3.27. The summed E-state index contributed by atoms with van der Waals surface area (Å²) in [7, 11) is 0. The molecular formula is C18H20FN5O3S. The molecule has 0 aliphatic rings. The summed E-state index contributed by atoms with van der Waals surface area (Å²) in [5.41, 5.74) is 0. The van der Waals surface area contributed by atoms with Gasteiger partial charge in [-0.15, -0.1) is 10.2 Å². The molecule has 2 aromatic heterocycles. The Kier molecular flexibility index (Phi) is 6.30. The maximum atomic E-state index is 13.8. The van der Waals surface area contributed by atoms with Gasteiger partial charge < -0.3 is 19.1 Å². The molecule has 1 aromatic carbocycles. The van der Waals surface area contributed by atoms with Crippen LogP contribution in [0.3, 0.4) is 0 Å². The van der Waals surface area contributed by atoms with Gasteiger partial charge in [-0.05, 0) is 32.9 Å². The van der Waals surface area contributed by atoms with E-state index >= 15 is 0 Å². The summed E-state index contributed by atoms with van der Waals surface area (Å²) in [6.07, 6.45) is -0.509. The minimum Gasteiger partial charge on any atom is -0.480 e. The molecule has 10 heteroatoms. The van der Waals surface area contributed by atoms with Crippen LogP contribution in [0.4, 0.5) is 10.2 Å². The minimum atomic E-state index is -0.509. The quantitative estimate of drug-likeness (QED) is 0.572. The fourth-order valence-electron chi connectivity index (χ4n) is 2.52. The maximum Gasteiger partial charge on any atom is 0.236 e. The summed E-state index contributed by atoms with van der Waals surface area (Å²) in [6.45, 7) is 6.04. The van der Waals surface area contributed by atoms with Crippen molar-refractivity contribution in [1.29, 1.82) is 0 Å². The number of halogens is 1. The van der Waals surface area contributed by atoms with Gasteiger partial charge in [-0.1, -0.05) is 29.1 Å². The molecule has 1 N–H and O–H groups in total. The number of rotatable bonds is 8. The number of amides is 1. The van der Waals surface area contributed by atoms with E-state index in [1.165, 1.54) is 17.8 Å². The predicted molar refractivity (Wildman–Crippen MR) is 102 cm³/mol. The van der Waals surface area contributed by atoms with Gasteiger partial charge in [0.25, 0.3) is 0 Å². The lowest BCUT2D eigenvalue weighted by Crippen LogP contribution is -2.15. The molecule has 3 rings (SSSR count). The van der Waals surface area contributed by atoms with Crippen molar-refractivity contribution < 1.29 is 18.4 Å². The molecule has 0 fully saturated rings. The molecule has 148 valence electrons. The number of para-hydroxylation sites is 1. The van der Waals surface area contributed by atoms with E-state index in [4.69, 9.17) is 9.26 Å². The Balaban J connectivity index is 1.64. The molecule has 28 heavy (non-hydrogen) atoms. The van der Waals surface area contributed by atoms with Crippen LogP contribution in [0.2, 0.25) is 0 Å². The number of hydrogen-bond acceptors (Lipinski definition) is 7. The summed E-state index contributed by atoms with van der Waals surface area (Å²) < 4.78 is 26.3. The summed E-state index contributed by atoms with van der Waals surface area (Å²) in [4.78, 5) is 12.1. The summed E-state index contributed by atoms with van der Waals surface area (Å²) in [5.74, 6) is 1.15. The predicted octanol–water partition coefficient (Wildman–Crippen LogP) is 3.60. The molecule has 3 aromatic rings. The number of carbonyl (C=O) groups is 1. The Hall–Kier alpha value is -2.88. The highest BCUT2D eigenvalue weighted by atomic mass is 32.2. The molecule has 0 spiro atoms. The van der Waals surface area contributed by atoms with Gasteiger partial charge >= 0.3 is 0 Å². The highest BCUT2D eigenvalue weighted by molar-refractivity contribution is 7.99. The third-order valence-electron chi connectivity index (χ3n) is 3.79. The maximum absolute atomic E-state index is 13.8. The number of hydrogen-bond donors (Lipinski definition) is 1. The van der Waals surface area contributed by atoms with Gasteiger partial charge in [0, 0.05) is 12.6 Å². The number of ether oxygens (including phenoxy) is 1. The highest BCUT2D eigenvalue weighted by Crippen LogP contribution is 2.26. The Morgan fingerprint density at radius 3 is 2.86 bits per heavy atom. The second-order valence-electron chi connectivity index (χ2n) is 5.94. The Bertz CT molecular complexity index is 958. The number of anilines is 1. The van der Waals surface area contributed by atoms with Crippen LogP contribution in [0.15, 0.2) is 40.0 Å². The number of nitrogens with one attached hydrogen (secondary N) is 1. The first-order valence-corrected chi connectivity index (χ1v) is 9.66. The molecule has 1 atom stereocenters. The van der Waals surface area contributed by atoms with E-state index in [-0.39, 0.29) is 17.4 Å². The van der Waals surface area contributed by atoms with E-state index in [0.29, 0.717) is 29.1 Å². The van der Waals surface area contributed by atoms with E-state index < -0.39 is 11.9 Å². The van der Waals surface area contributed by atoms with Crippen LogP contribution >= 0.6 is 11.8 Å². The molecule has 0 saturated heterocycles. The monoisotopic (exact) mass is 405 g/mol. The Labute approximate surface area is 165 Å². The largest absolute Gasteiger partial charge is 0.480 e. The molecule has 1 unspecified atom stereocenters.